The number of carbonyl (C=O) groups is 2. The van der Waals surface area contributed by atoms with Crippen LogP contribution in [0.5, 0.6) is 0 Å². The first-order valence-corrected chi connectivity index (χ1v) is 11.9. The van der Waals surface area contributed by atoms with Gasteiger partial charge in [-0.05, 0) is 37.5 Å². The number of aromatic nitrogens is 2. The molecule has 1 fully saturated rings. The standard InChI is InChI=1S/C25H21N5O3S/c31-19-8-4-7-16(19)28-23(32)22-21-20-18(10-12-27-24(20)34-22)30(25(33)29-21)15-9-11-26-17(13-15)14-5-2-1-3-6-14/h1-3,5-6,9-13,16,19,31H,4,7-8H2,(H,28,32)(H,29,33)/t16-,19-/m1/s1. The smallest absolute Gasteiger partial charge is 0.331 e. The first-order chi connectivity index (χ1) is 16.6. The fourth-order valence-electron chi connectivity index (χ4n) is 4.67. The van der Waals surface area contributed by atoms with Crippen LogP contribution in [-0.2, 0) is 0 Å². The molecule has 0 unspecified atom stereocenters. The maximum Gasteiger partial charge on any atom is 0.331 e. The summed E-state index contributed by atoms with van der Waals surface area (Å²) in [5.41, 5.74) is 3.49. The quantitative estimate of drug-likeness (QED) is 0.400. The van der Waals surface area contributed by atoms with Crippen molar-refractivity contribution < 1.29 is 14.7 Å². The Morgan fingerprint density at radius 3 is 2.74 bits per heavy atom. The Labute approximate surface area is 199 Å². The summed E-state index contributed by atoms with van der Waals surface area (Å²) in [5, 5.41) is 16.7. The molecule has 1 aliphatic heterocycles. The van der Waals surface area contributed by atoms with Crippen LogP contribution in [0.15, 0.2) is 60.9 Å². The number of rotatable bonds is 4. The lowest BCUT2D eigenvalue weighted by Crippen LogP contribution is -2.40. The van der Waals surface area contributed by atoms with E-state index in [1.807, 2.05) is 36.4 Å². The van der Waals surface area contributed by atoms with Crippen LogP contribution in [0.3, 0.4) is 0 Å². The Balaban J connectivity index is 1.41. The Bertz CT molecular complexity index is 1420. The normalized spacial score (nSPS) is 19.3. The van der Waals surface area contributed by atoms with Gasteiger partial charge in [-0.2, -0.15) is 0 Å². The van der Waals surface area contributed by atoms with Crippen molar-refractivity contribution in [3.8, 4) is 11.3 Å². The van der Waals surface area contributed by atoms with Gasteiger partial charge in [0.25, 0.3) is 5.91 Å². The average Bonchev–Trinajstić information content (AvgIpc) is 3.44. The van der Waals surface area contributed by atoms with Gasteiger partial charge in [-0.1, -0.05) is 30.3 Å². The summed E-state index contributed by atoms with van der Waals surface area (Å²) in [6, 6.07) is 14.6. The molecule has 1 aliphatic carbocycles. The number of aliphatic hydroxyl groups excluding tert-OH is 1. The molecule has 4 aromatic rings. The number of amides is 3. The molecule has 6 rings (SSSR count). The van der Waals surface area contributed by atoms with Crippen molar-refractivity contribution in [1.82, 2.24) is 15.3 Å². The number of hydrogen-bond donors (Lipinski definition) is 3. The minimum Gasteiger partial charge on any atom is -0.391 e. The van der Waals surface area contributed by atoms with Gasteiger partial charge in [0, 0.05) is 18.0 Å². The van der Waals surface area contributed by atoms with Gasteiger partial charge >= 0.3 is 6.03 Å². The highest BCUT2D eigenvalue weighted by Crippen LogP contribution is 2.46. The molecule has 4 heterocycles. The Hall–Kier alpha value is -3.82. The maximum atomic E-state index is 13.3. The number of nitrogens with one attached hydrogen (secondary N) is 2. The van der Waals surface area contributed by atoms with Crippen LogP contribution >= 0.6 is 11.3 Å². The Morgan fingerprint density at radius 2 is 1.94 bits per heavy atom. The predicted octanol–water partition coefficient (Wildman–Crippen LogP) is 4.69. The third kappa shape index (κ3) is 3.41. The molecule has 9 heteroatoms. The van der Waals surface area contributed by atoms with Crippen LogP contribution in [0.1, 0.15) is 28.9 Å². The highest BCUT2D eigenvalue weighted by Gasteiger charge is 2.34. The average molecular weight is 472 g/mol. The van der Waals surface area contributed by atoms with Gasteiger partial charge in [-0.25, -0.2) is 9.78 Å². The monoisotopic (exact) mass is 471 g/mol. The third-order valence-electron chi connectivity index (χ3n) is 6.32. The lowest BCUT2D eigenvalue weighted by Gasteiger charge is -2.28. The van der Waals surface area contributed by atoms with E-state index in [0.29, 0.717) is 33.2 Å². The summed E-state index contributed by atoms with van der Waals surface area (Å²) in [5.74, 6) is -0.307. The zero-order valence-electron chi connectivity index (χ0n) is 18.1. The van der Waals surface area contributed by atoms with E-state index in [1.54, 1.807) is 29.4 Å². The van der Waals surface area contributed by atoms with Crippen molar-refractivity contribution in [3.05, 3.63) is 65.8 Å². The lowest BCUT2D eigenvalue weighted by atomic mass is 10.1. The van der Waals surface area contributed by atoms with Crippen LogP contribution in [0.25, 0.3) is 21.5 Å². The SMILES string of the molecule is O=C(N[C@@H]1CCC[C@H]1O)c1sc2nccc3c2c1NC(=O)N3c1ccnc(-c2ccccc2)c1. The van der Waals surface area contributed by atoms with Crippen molar-refractivity contribution in [3.63, 3.8) is 0 Å². The van der Waals surface area contributed by atoms with Gasteiger partial charge in [-0.3, -0.25) is 14.7 Å². The predicted molar refractivity (Wildman–Crippen MR) is 132 cm³/mol. The van der Waals surface area contributed by atoms with Crippen LogP contribution in [0.2, 0.25) is 0 Å². The molecule has 3 amide bonds. The minimum atomic E-state index is -0.543. The molecule has 0 saturated heterocycles. The molecule has 0 radical (unpaired) electrons. The summed E-state index contributed by atoms with van der Waals surface area (Å²) < 4.78 is 0. The number of urea groups is 1. The molecule has 2 atom stereocenters. The fourth-order valence-corrected chi connectivity index (χ4v) is 5.69. The van der Waals surface area contributed by atoms with Gasteiger partial charge in [0.1, 0.15) is 9.71 Å². The summed E-state index contributed by atoms with van der Waals surface area (Å²) in [6.45, 7) is 0. The van der Waals surface area contributed by atoms with E-state index in [4.69, 9.17) is 0 Å². The van der Waals surface area contributed by atoms with E-state index in [9.17, 15) is 14.7 Å². The molecule has 0 bridgehead atoms. The van der Waals surface area contributed by atoms with E-state index in [0.717, 1.165) is 29.5 Å². The van der Waals surface area contributed by atoms with Gasteiger partial charge in [-0.15, -0.1) is 11.3 Å². The fraction of sp³-hybridized carbons (Fsp3) is 0.200. The van der Waals surface area contributed by atoms with Crippen molar-refractivity contribution in [2.75, 3.05) is 10.2 Å². The molecule has 8 nitrogen and oxygen atoms in total. The van der Waals surface area contributed by atoms with E-state index in [1.165, 1.54) is 11.3 Å². The number of anilines is 3. The second-order valence-corrected chi connectivity index (χ2v) is 9.42. The maximum absolute atomic E-state index is 13.3. The number of pyridine rings is 2. The second kappa shape index (κ2) is 8.19. The summed E-state index contributed by atoms with van der Waals surface area (Å²) in [4.78, 5) is 37.9. The zero-order valence-corrected chi connectivity index (χ0v) is 18.9. The van der Waals surface area contributed by atoms with Gasteiger partial charge in [0.05, 0.1) is 40.3 Å². The number of hydrogen-bond acceptors (Lipinski definition) is 6. The van der Waals surface area contributed by atoms with Crippen molar-refractivity contribution >= 4 is 50.6 Å². The van der Waals surface area contributed by atoms with Crippen LogP contribution in [0, 0.1) is 0 Å². The molecule has 2 aliphatic rings. The van der Waals surface area contributed by atoms with Crippen molar-refractivity contribution in [2.24, 2.45) is 0 Å². The number of aliphatic hydroxyl groups is 1. The summed E-state index contributed by atoms with van der Waals surface area (Å²) in [6.07, 6.45) is 5.07. The summed E-state index contributed by atoms with van der Waals surface area (Å²) >= 11 is 1.24. The molecular formula is C25H21N5O3S. The highest BCUT2D eigenvalue weighted by atomic mass is 32.1. The third-order valence-corrected chi connectivity index (χ3v) is 7.42. The minimum absolute atomic E-state index is 0.277. The van der Waals surface area contributed by atoms with E-state index in [-0.39, 0.29) is 18.0 Å². The molecule has 3 aromatic heterocycles. The van der Waals surface area contributed by atoms with E-state index >= 15 is 0 Å². The van der Waals surface area contributed by atoms with Crippen molar-refractivity contribution in [1.29, 1.82) is 0 Å². The number of benzene rings is 1. The number of carbonyl (C=O) groups excluding carboxylic acids is 2. The molecule has 34 heavy (non-hydrogen) atoms. The van der Waals surface area contributed by atoms with E-state index < -0.39 is 6.10 Å². The van der Waals surface area contributed by atoms with Crippen LogP contribution in [-0.4, -0.2) is 39.2 Å². The largest absolute Gasteiger partial charge is 0.391 e. The molecule has 170 valence electrons. The first kappa shape index (κ1) is 20.8. The van der Waals surface area contributed by atoms with Crippen molar-refractivity contribution in [2.45, 2.75) is 31.4 Å². The molecule has 3 N–H and O–H groups in total. The molecule has 0 spiro atoms. The number of thiophene rings is 1. The molecule has 1 saturated carbocycles. The zero-order chi connectivity index (χ0) is 23.2. The van der Waals surface area contributed by atoms with Crippen LogP contribution in [0.4, 0.5) is 21.9 Å². The van der Waals surface area contributed by atoms with Gasteiger partial charge < -0.3 is 15.7 Å². The first-order valence-electron chi connectivity index (χ1n) is 11.1. The lowest BCUT2D eigenvalue weighted by molar-refractivity contribution is 0.0878. The van der Waals surface area contributed by atoms with Gasteiger partial charge in [0.2, 0.25) is 0 Å². The second-order valence-electron chi connectivity index (χ2n) is 8.43. The summed E-state index contributed by atoms with van der Waals surface area (Å²) in [7, 11) is 0. The topological polar surface area (TPSA) is 107 Å². The Morgan fingerprint density at radius 1 is 1.12 bits per heavy atom. The van der Waals surface area contributed by atoms with Gasteiger partial charge in [0.15, 0.2) is 0 Å². The number of nitrogens with zero attached hydrogens (tertiary/aromatic N) is 3. The Kier molecular flexibility index (Phi) is 5.00. The molecule has 1 aromatic carbocycles. The van der Waals surface area contributed by atoms with Crippen LogP contribution < -0.4 is 15.5 Å². The highest BCUT2D eigenvalue weighted by molar-refractivity contribution is 7.21. The molecular weight excluding hydrogens is 450 g/mol. The van der Waals surface area contributed by atoms with E-state index in [2.05, 4.69) is 20.6 Å².